The van der Waals surface area contributed by atoms with Gasteiger partial charge in [0.2, 0.25) is 0 Å². The number of nitrogens with zero attached hydrogens (tertiary/aromatic N) is 6. The molecule has 0 aliphatic carbocycles. The normalized spacial score (nSPS) is 11.4. The quantitative estimate of drug-likeness (QED) is 0.406. The molecule has 8 nitrogen and oxygen atoms in total. The smallest absolute Gasteiger partial charge is 0.183 e. The highest BCUT2D eigenvalue weighted by atomic mass is 16.5. The lowest BCUT2D eigenvalue weighted by Gasteiger charge is -2.11. The third-order valence-corrected chi connectivity index (χ3v) is 5.94. The fourth-order valence-corrected chi connectivity index (χ4v) is 4.10. The Balaban J connectivity index is 1.54. The van der Waals surface area contributed by atoms with Crippen molar-refractivity contribution in [1.82, 2.24) is 29.1 Å². The number of fused-ring (bicyclic) bond motifs is 3. The number of rotatable bonds is 6. The molecule has 0 saturated carbocycles. The summed E-state index contributed by atoms with van der Waals surface area (Å²) in [6.07, 6.45) is 6.08. The van der Waals surface area contributed by atoms with Crippen LogP contribution in [-0.2, 0) is 13.0 Å². The molecule has 5 rings (SSSR count). The average Bonchev–Trinajstić information content (AvgIpc) is 3.37. The van der Waals surface area contributed by atoms with Gasteiger partial charge in [-0.1, -0.05) is 6.07 Å². The van der Waals surface area contributed by atoms with Crippen LogP contribution in [0.5, 0.6) is 11.5 Å². The van der Waals surface area contributed by atoms with Gasteiger partial charge in [-0.15, -0.1) is 5.10 Å². The SMILES string of the molecule is COc1ccc(CCn2c(C)c(C)c3c2ncn2nc(-c4cccnc4)nc32)cc1OC. The maximum atomic E-state index is 5.45. The molecule has 0 spiro atoms. The van der Waals surface area contributed by atoms with Crippen molar-refractivity contribution in [2.45, 2.75) is 26.8 Å². The molecular formula is C24H24N6O2. The average molecular weight is 428 g/mol. The minimum absolute atomic E-state index is 0.641. The third kappa shape index (κ3) is 3.24. The van der Waals surface area contributed by atoms with E-state index in [0.29, 0.717) is 5.82 Å². The molecule has 0 aliphatic heterocycles. The van der Waals surface area contributed by atoms with Gasteiger partial charge in [0.15, 0.2) is 23.0 Å². The first-order chi connectivity index (χ1) is 15.6. The Kier molecular flexibility index (Phi) is 4.97. The molecule has 1 aromatic carbocycles. The molecule has 0 saturated heterocycles. The Labute approximate surface area is 185 Å². The highest BCUT2D eigenvalue weighted by molar-refractivity contribution is 5.94. The maximum Gasteiger partial charge on any atom is 0.183 e. The number of aryl methyl sites for hydroxylation is 3. The summed E-state index contributed by atoms with van der Waals surface area (Å²) >= 11 is 0. The summed E-state index contributed by atoms with van der Waals surface area (Å²) in [5, 5.41) is 5.64. The maximum absolute atomic E-state index is 5.45. The van der Waals surface area contributed by atoms with E-state index in [1.54, 1.807) is 37.5 Å². The Morgan fingerprint density at radius 3 is 2.59 bits per heavy atom. The molecule has 0 fully saturated rings. The van der Waals surface area contributed by atoms with Crippen LogP contribution >= 0.6 is 0 Å². The van der Waals surface area contributed by atoms with E-state index in [1.807, 2.05) is 24.3 Å². The van der Waals surface area contributed by atoms with Crippen LogP contribution in [0.1, 0.15) is 16.8 Å². The van der Waals surface area contributed by atoms with Gasteiger partial charge in [-0.05, 0) is 55.7 Å². The van der Waals surface area contributed by atoms with Gasteiger partial charge in [0.1, 0.15) is 12.0 Å². The summed E-state index contributed by atoms with van der Waals surface area (Å²) in [6.45, 7) is 5.03. The lowest BCUT2D eigenvalue weighted by molar-refractivity contribution is 0.354. The zero-order chi connectivity index (χ0) is 22.2. The topological polar surface area (TPSA) is 79.4 Å². The summed E-state index contributed by atoms with van der Waals surface area (Å²) in [5.74, 6) is 2.11. The molecule has 32 heavy (non-hydrogen) atoms. The second kappa shape index (κ2) is 7.96. The molecule has 0 bridgehead atoms. The van der Waals surface area contributed by atoms with E-state index in [2.05, 4.69) is 34.6 Å². The van der Waals surface area contributed by atoms with Crippen molar-refractivity contribution in [3.8, 4) is 22.9 Å². The molecule has 8 heteroatoms. The van der Waals surface area contributed by atoms with E-state index in [4.69, 9.17) is 19.4 Å². The third-order valence-electron chi connectivity index (χ3n) is 5.94. The van der Waals surface area contributed by atoms with Gasteiger partial charge in [-0.2, -0.15) is 0 Å². The largest absolute Gasteiger partial charge is 0.493 e. The molecule has 0 atom stereocenters. The molecule has 0 aliphatic rings. The highest BCUT2D eigenvalue weighted by Crippen LogP contribution is 2.30. The molecule has 4 heterocycles. The van der Waals surface area contributed by atoms with Crippen LogP contribution in [0.25, 0.3) is 28.1 Å². The van der Waals surface area contributed by atoms with Crippen molar-refractivity contribution < 1.29 is 9.47 Å². The number of aromatic nitrogens is 6. The summed E-state index contributed by atoms with van der Waals surface area (Å²) in [5.41, 5.74) is 6.11. The second-order valence-electron chi connectivity index (χ2n) is 7.69. The molecule has 5 aromatic rings. The number of ether oxygens (including phenoxy) is 2. The zero-order valence-electron chi connectivity index (χ0n) is 18.5. The first-order valence-corrected chi connectivity index (χ1v) is 10.4. The van der Waals surface area contributed by atoms with Crippen LogP contribution < -0.4 is 9.47 Å². The van der Waals surface area contributed by atoms with Crippen LogP contribution in [0.2, 0.25) is 0 Å². The van der Waals surface area contributed by atoms with Gasteiger partial charge in [0, 0.05) is 30.2 Å². The number of pyridine rings is 1. The first-order valence-electron chi connectivity index (χ1n) is 10.4. The Morgan fingerprint density at radius 2 is 1.84 bits per heavy atom. The molecule has 0 N–H and O–H groups in total. The van der Waals surface area contributed by atoms with E-state index in [-0.39, 0.29) is 0 Å². The van der Waals surface area contributed by atoms with Gasteiger partial charge in [-0.25, -0.2) is 14.5 Å². The molecule has 0 amide bonds. The Morgan fingerprint density at radius 1 is 1.00 bits per heavy atom. The van der Waals surface area contributed by atoms with Crippen LogP contribution in [0, 0.1) is 13.8 Å². The predicted octanol–water partition coefficient (Wildman–Crippen LogP) is 4.02. The van der Waals surface area contributed by atoms with E-state index >= 15 is 0 Å². The van der Waals surface area contributed by atoms with Crippen molar-refractivity contribution in [2.24, 2.45) is 0 Å². The van der Waals surface area contributed by atoms with Crippen molar-refractivity contribution in [2.75, 3.05) is 14.2 Å². The first kappa shape index (κ1) is 20.0. The highest BCUT2D eigenvalue weighted by Gasteiger charge is 2.18. The van der Waals surface area contributed by atoms with Gasteiger partial charge < -0.3 is 14.0 Å². The number of benzene rings is 1. The van der Waals surface area contributed by atoms with Crippen molar-refractivity contribution in [1.29, 1.82) is 0 Å². The van der Waals surface area contributed by atoms with E-state index in [9.17, 15) is 0 Å². The lowest BCUT2D eigenvalue weighted by atomic mass is 10.1. The molecule has 4 aromatic heterocycles. The standard InChI is InChI=1S/C24H24N6O2/c1-15-16(2)29(11-9-17-7-8-19(31-3)20(12-17)32-4)23-21(15)24-27-22(28-30(24)14-26-23)18-6-5-10-25-13-18/h5-8,10,12-14H,9,11H2,1-4H3. The lowest BCUT2D eigenvalue weighted by Crippen LogP contribution is -2.05. The summed E-state index contributed by atoms with van der Waals surface area (Å²) < 4.78 is 14.8. The predicted molar refractivity (Wildman–Crippen MR) is 122 cm³/mol. The zero-order valence-corrected chi connectivity index (χ0v) is 18.5. The van der Waals surface area contributed by atoms with Gasteiger partial charge in [0.25, 0.3) is 0 Å². The number of hydrogen-bond donors (Lipinski definition) is 0. The van der Waals surface area contributed by atoms with Crippen LogP contribution in [0.15, 0.2) is 49.1 Å². The molecule has 0 unspecified atom stereocenters. The van der Waals surface area contributed by atoms with Crippen LogP contribution in [0.4, 0.5) is 0 Å². The minimum atomic E-state index is 0.641. The molecular weight excluding hydrogens is 404 g/mol. The minimum Gasteiger partial charge on any atom is -0.493 e. The molecule has 162 valence electrons. The second-order valence-corrected chi connectivity index (χ2v) is 7.69. The Bertz CT molecular complexity index is 1420. The van der Waals surface area contributed by atoms with Gasteiger partial charge in [0.05, 0.1) is 19.6 Å². The van der Waals surface area contributed by atoms with E-state index in [1.165, 1.54) is 11.3 Å². The fraction of sp³-hybridized carbons (Fsp3) is 0.250. The van der Waals surface area contributed by atoms with Gasteiger partial charge in [-0.3, -0.25) is 4.98 Å². The summed E-state index contributed by atoms with van der Waals surface area (Å²) in [4.78, 5) is 13.7. The summed E-state index contributed by atoms with van der Waals surface area (Å²) in [7, 11) is 3.30. The van der Waals surface area contributed by atoms with E-state index in [0.717, 1.165) is 52.3 Å². The fourth-order valence-electron chi connectivity index (χ4n) is 4.10. The van der Waals surface area contributed by atoms with Crippen molar-refractivity contribution in [3.63, 3.8) is 0 Å². The summed E-state index contributed by atoms with van der Waals surface area (Å²) in [6, 6.07) is 9.88. The van der Waals surface area contributed by atoms with Gasteiger partial charge >= 0.3 is 0 Å². The Hall–Kier alpha value is -3.94. The van der Waals surface area contributed by atoms with E-state index < -0.39 is 0 Å². The van der Waals surface area contributed by atoms with Crippen LogP contribution in [-0.4, -0.2) is 43.4 Å². The molecule has 0 radical (unpaired) electrons. The van der Waals surface area contributed by atoms with Crippen LogP contribution in [0.3, 0.4) is 0 Å². The van der Waals surface area contributed by atoms with Crippen molar-refractivity contribution >= 4 is 16.7 Å². The van der Waals surface area contributed by atoms with Crippen molar-refractivity contribution in [3.05, 3.63) is 65.9 Å². The number of methoxy groups -OCH3 is 2. The number of hydrogen-bond acceptors (Lipinski definition) is 6. The monoisotopic (exact) mass is 428 g/mol.